The number of unbranched alkanes of at least 4 members (excludes halogenated alkanes) is 10. The van der Waals surface area contributed by atoms with Crippen LogP contribution in [0.25, 0.3) is 55.8 Å². The molecule has 59 heavy (non-hydrogen) atoms. The number of pyridine rings is 2. The summed E-state index contributed by atoms with van der Waals surface area (Å²) < 4.78 is 0. The van der Waals surface area contributed by atoms with E-state index in [1.807, 2.05) is 42.5 Å². The minimum atomic E-state index is 0. The Morgan fingerprint density at radius 1 is 0.593 bits per heavy atom. The first kappa shape index (κ1) is 44.1. The SMILES string of the molecule is CCCCCCCCC1(CCCCCCCC)c2cc(-c3ccc4ccccc4n3)[c-]cc2-c2ccc(C(C)(C)C)cc21.[Ir].c1ccc(-c2nc3ccccc3[n-]2)nc1. The van der Waals surface area contributed by atoms with Crippen LogP contribution >= 0.6 is 0 Å². The molecule has 0 amide bonds. The maximum atomic E-state index is 5.09. The zero-order chi connectivity index (χ0) is 40.4. The van der Waals surface area contributed by atoms with Gasteiger partial charge in [-0.1, -0.05) is 202 Å². The zero-order valence-electron chi connectivity index (χ0n) is 36.0. The fourth-order valence-corrected chi connectivity index (χ4v) is 8.85. The molecule has 4 aromatic carbocycles. The third kappa shape index (κ3) is 10.5. The van der Waals surface area contributed by atoms with Crippen LogP contribution in [0.4, 0.5) is 0 Å². The van der Waals surface area contributed by atoms with E-state index >= 15 is 0 Å². The van der Waals surface area contributed by atoms with Crippen LogP contribution < -0.4 is 4.98 Å². The van der Waals surface area contributed by atoms with Crippen molar-refractivity contribution in [2.45, 2.75) is 135 Å². The molecule has 0 saturated heterocycles. The number of fused-ring (bicyclic) bond motifs is 5. The van der Waals surface area contributed by atoms with Crippen molar-refractivity contribution in [1.29, 1.82) is 0 Å². The van der Waals surface area contributed by atoms with E-state index in [1.54, 1.807) is 11.8 Å². The maximum Gasteiger partial charge on any atom is 0.0620 e. The van der Waals surface area contributed by atoms with E-state index in [9.17, 15) is 0 Å². The van der Waals surface area contributed by atoms with Crippen molar-refractivity contribution in [2.75, 3.05) is 0 Å². The standard InChI is InChI=1S/C42H54N.C12H8N3.Ir/c1-6-8-10-12-14-18-28-42(29-19-15-13-11-9-7-2)37-30-33(40-27-23-32-20-16-17-21-39(32)43-40)22-25-35(37)36-26-24-34(31-38(36)42)41(3,4)5;1-2-6-10-9(5-1)14-12(15-10)11-7-3-4-8-13-11;/h16-17,20-21,23-27,30-31H,6-15,18-19,28-29H2,1-5H3;1-8H;/q2*-1;. The number of aromatic nitrogens is 4. The van der Waals surface area contributed by atoms with Crippen molar-refractivity contribution in [1.82, 2.24) is 19.9 Å². The van der Waals surface area contributed by atoms with Gasteiger partial charge in [0.1, 0.15) is 0 Å². The zero-order valence-corrected chi connectivity index (χ0v) is 38.4. The smallest absolute Gasteiger partial charge is 0.0620 e. The van der Waals surface area contributed by atoms with Crippen molar-refractivity contribution in [3.63, 3.8) is 0 Å². The third-order valence-electron chi connectivity index (χ3n) is 12.2. The summed E-state index contributed by atoms with van der Waals surface area (Å²) in [6.45, 7) is 11.7. The summed E-state index contributed by atoms with van der Waals surface area (Å²) in [5.74, 6) is 0.691. The van der Waals surface area contributed by atoms with E-state index in [1.165, 1.54) is 118 Å². The Labute approximate surface area is 367 Å². The van der Waals surface area contributed by atoms with E-state index in [-0.39, 0.29) is 30.9 Å². The number of hydrogen-bond acceptors (Lipinski definition) is 3. The van der Waals surface area contributed by atoms with Gasteiger partial charge in [-0.3, -0.25) is 9.97 Å². The summed E-state index contributed by atoms with van der Waals surface area (Å²) >= 11 is 0. The van der Waals surface area contributed by atoms with Gasteiger partial charge in [-0.15, -0.1) is 29.3 Å². The number of rotatable bonds is 16. The molecule has 0 saturated carbocycles. The second-order valence-corrected chi connectivity index (χ2v) is 17.4. The Hall–Kier alpha value is -4.44. The van der Waals surface area contributed by atoms with Gasteiger partial charge in [0.2, 0.25) is 0 Å². The van der Waals surface area contributed by atoms with Gasteiger partial charge in [0.25, 0.3) is 0 Å². The maximum absolute atomic E-state index is 5.09. The molecule has 1 radical (unpaired) electrons. The van der Waals surface area contributed by atoms with Crippen LogP contribution in [0.3, 0.4) is 0 Å². The van der Waals surface area contributed by atoms with E-state index in [0.717, 1.165) is 33.5 Å². The summed E-state index contributed by atoms with van der Waals surface area (Å²) in [6.07, 6.45) is 20.3. The van der Waals surface area contributed by atoms with Crippen molar-refractivity contribution >= 4 is 21.9 Å². The first-order valence-electron chi connectivity index (χ1n) is 22.2. The average molecular weight is 959 g/mol. The van der Waals surface area contributed by atoms with Gasteiger partial charge < -0.3 is 9.97 Å². The quantitative estimate of drug-likeness (QED) is 0.0715. The Bertz CT molecular complexity index is 2340. The van der Waals surface area contributed by atoms with Gasteiger partial charge in [0.15, 0.2) is 0 Å². The number of benzene rings is 4. The molecule has 1 aliphatic carbocycles. The number of para-hydroxylation sites is 3. The van der Waals surface area contributed by atoms with E-state index < -0.39 is 0 Å². The van der Waals surface area contributed by atoms with Crippen LogP contribution in [0.15, 0.2) is 115 Å². The van der Waals surface area contributed by atoms with E-state index in [4.69, 9.17) is 4.98 Å². The molecule has 0 bridgehead atoms. The summed E-state index contributed by atoms with van der Waals surface area (Å²) in [7, 11) is 0. The molecule has 0 atom stereocenters. The molecular weight excluding hydrogens is 897 g/mol. The Morgan fingerprint density at radius 3 is 1.92 bits per heavy atom. The molecule has 8 rings (SSSR count). The molecule has 3 aromatic heterocycles. The van der Waals surface area contributed by atoms with Gasteiger partial charge in [-0.2, -0.15) is 0 Å². The molecule has 0 unspecified atom stereocenters. The van der Waals surface area contributed by atoms with Gasteiger partial charge in [0.05, 0.1) is 11.2 Å². The van der Waals surface area contributed by atoms with Crippen molar-refractivity contribution in [3.05, 3.63) is 138 Å². The summed E-state index contributed by atoms with van der Waals surface area (Å²) in [5, 5.41) is 1.19. The van der Waals surface area contributed by atoms with Crippen molar-refractivity contribution in [2.24, 2.45) is 0 Å². The molecule has 1 aliphatic rings. The van der Waals surface area contributed by atoms with E-state index in [2.05, 4.69) is 122 Å². The molecule has 0 spiro atoms. The first-order valence-corrected chi connectivity index (χ1v) is 22.2. The Morgan fingerprint density at radius 2 is 1.24 bits per heavy atom. The van der Waals surface area contributed by atoms with Crippen LogP contribution in [0.5, 0.6) is 0 Å². The minimum Gasteiger partial charge on any atom is -0.434 e. The topological polar surface area (TPSA) is 52.8 Å². The number of imidazole rings is 1. The third-order valence-corrected chi connectivity index (χ3v) is 12.2. The second kappa shape index (κ2) is 20.7. The van der Waals surface area contributed by atoms with Gasteiger partial charge in [0, 0.05) is 31.7 Å². The summed E-state index contributed by atoms with van der Waals surface area (Å²) in [4.78, 5) is 18.1. The molecule has 3 heterocycles. The molecule has 7 aromatic rings. The summed E-state index contributed by atoms with van der Waals surface area (Å²) in [6, 6.07) is 42.3. The van der Waals surface area contributed by atoms with Crippen LogP contribution in [0, 0.1) is 6.07 Å². The molecule has 0 fully saturated rings. The van der Waals surface area contributed by atoms with Crippen LogP contribution in [-0.4, -0.2) is 15.0 Å². The molecule has 0 aliphatic heterocycles. The number of nitrogens with zero attached hydrogens (tertiary/aromatic N) is 4. The second-order valence-electron chi connectivity index (χ2n) is 17.4. The summed E-state index contributed by atoms with van der Waals surface area (Å²) in [5.41, 5.74) is 13.4. The van der Waals surface area contributed by atoms with E-state index in [0.29, 0.717) is 5.82 Å². The van der Waals surface area contributed by atoms with Gasteiger partial charge >= 0.3 is 0 Å². The number of hydrogen-bond donors (Lipinski definition) is 0. The molecule has 5 heteroatoms. The Balaban J connectivity index is 0.000000304. The minimum absolute atomic E-state index is 0. The fourth-order valence-electron chi connectivity index (χ4n) is 8.85. The monoisotopic (exact) mass is 959 g/mol. The average Bonchev–Trinajstić information content (AvgIpc) is 3.81. The molecule has 309 valence electrons. The van der Waals surface area contributed by atoms with Crippen molar-refractivity contribution in [3.8, 4) is 33.9 Å². The molecular formula is C54H62IrN4-2. The van der Waals surface area contributed by atoms with Gasteiger partial charge in [-0.25, -0.2) is 0 Å². The molecule has 4 nitrogen and oxygen atoms in total. The van der Waals surface area contributed by atoms with Crippen LogP contribution in [0.1, 0.15) is 141 Å². The predicted molar refractivity (Wildman–Crippen MR) is 245 cm³/mol. The fraction of sp³-hybridized carbons (Fsp3) is 0.389. The van der Waals surface area contributed by atoms with Crippen molar-refractivity contribution < 1.29 is 20.1 Å². The van der Waals surface area contributed by atoms with Gasteiger partial charge in [-0.05, 0) is 75.5 Å². The first-order chi connectivity index (χ1) is 28.3. The normalized spacial score (nSPS) is 12.8. The van der Waals surface area contributed by atoms with Crippen LogP contribution in [0.2, 0.25) is 0 Å². The largest absolute Gasteiger partial charge is 0.434 e. The van der Waals surface area contributed by atoms with Crippen LogP contribution in [-0.2, 0) is 30.9 Å². The molecule has 0 N–H and O–H groups in total. The Kier molecular flexibility index (Phi) is 15.5. The predicted octanol–water partition coefficient (Wildman–Crippen LogP) is 15.0.